The van der Waals surface area contributed by atoms with Crippen LogP contribution in [0.5, 0.6) is 0 Å². The number of rotatable bonds is 12. The summed E-state index contributed by atoms with van der Waals surface area (Å²) in [6.07, 6.45) is 3.47. The van der Waals surface area contributed by atoms with E-state index < -0.39 is 16.9 Å². The zero-order valence-electron chi connectivity index (χ0n) is 13.5. The van der Waals surface area contributed by atoms with Crippen LogP contribution in [0.2, 0.25) is 38.0 Å². The van der Waals surface area contributed by atoms with Crippen molar-refractivity contribution in [3.05, 3.63) is 0 Å². The van der Waals surface area contributed by atoms with Gasteiger partial charge in [0, 0.05) is 35.4 Å². The molecule has 0 aliphatic heterocycles. The molecule has 0 aromatic carbocycles. The van der Waals surface area contributed by atoms with Crippen molar-refractivity contribution in [3.63, 3.8) is 0 Å². The van der Waals surface area contributed by atoms with E-state index >= 15 is 0 Å². The van der Waals surface area contributed by atoms with E-state index in [1.54, 1.807) is 21.3 Å². The Kier molecular flexibility index (Phi) is 10.3. The molecular weight excluding hydrogens is 273 g/mol. The quantitative estimate of drug-likeness (QED) is 0.444. The number of hydrogen-bond donors (Lipinski definition) is 1. The summed E-state index contributed by atoms with van der Waals surface area (Å²) >= 11 is 0. The second-order valence-electron chi connectivity index (χ2n) is 6.01. The summed E-state index contributed by atoms with van der Waals surface area (Å²) in [4.78, 5) is 0. The molecule has 0 amide bonds. The maximum Gasteiger partial charge on any atom is 0.500 e. The summed E-state index contributed by atoms with van der Waals surface area (Å²) in [7, 11) is 3.95. The van der Waals surface area contributed by atoms with Crippen LogP contribution in [-0.2, 0) is 13.3 Å². The predicted molar refractivity (Wildman–Crippen MR) is 87.5 cm³/mol. The van der Waals surface area contributed by atoms with Crippen LogP contribution in [0.3, 0.4) is 0 Å². The molecule has 0 aromatic rings. The standard InChI is InChI=1S/C12H31BNO3Si2/c1-15-19(16-2,17-3)12-8-10-14-13-9-7-11-18(4,5)6/h14H,7-12H2,1-6H3/q-1. The lowest BCUT2D eigenvalue weighted by Crippen LogP contribution is -2.43. The maximum absolute atomic E-state index is 5.38. The highest BCUT2D eigenvalue weighted by Gasteiger charge is 2.36. The lowest BCUT2D eigenvalue weighted by molar-refractivity contribution is 0.123. The molecule has 0 saturated carbocycles. The van der Waals surface area contributed by atoms with Crippen molar-refractivity contribution in [1.29, 1.82) is 0 Å². The molecule has 0 rings (SSSR count). The summed E-state index contributed by atoms with van der Waals surface area (Å²) in [5, 5.41) is 3.36. The summed E-state index contributed by atoms with van der Waals surface area (Å²) in [5.74, 6) is 0. The first-order valence-corrected chi connectivity index (χ1v) is 12.7. The van der Waals surface area contributed by atoms with E-state index in [1.165, 1.54) is 12.5 Å². The second kappa shape index (κ2) is 10.1. The van der Waals surface area contributed by atoms with Crippen molar-refractivity contribution in [3.8, 4) is 0 Å². The molecule has 19 heavy (non-hydrogen) atoms. The fraction of sp³-hybridized carbons (Fsp3) is 1.00. The Hall–Kier alpha value is 0.339. The molecule has 0 aliphatic carbocycles. The fourth-order valence-electron chi connectivity index (χ4n) is 1.90. The predicted octanol–water partition coefficient (Wildman–Crippen LogP) is 2.61. The van der Waals surface area contributed by atoms with Crippen molar-refractivity contribution < 1.29 is 13.3 Å². The van der Waals surface area contributed by atoms with E-state index in [9.17, 15) is 0 Å². The Labute approximate surface area is 122 Å². The summed E-state index contributed by atoms with van der Waals surface area (Å²) in [5.41, 5.74) is 0. The molecule has 1 N–H and O–H groups in total. The first-order chi connectivity index (χ1) is 8.89. The van der Waals surface area contributed by atoms with Gasteiger partial charge in [0.15, 0.2) is 0 Å². The van der Waals surface area contributed by atoms with Crippen LogP contribution in [0.25, 0.3) is 0 Å². The topological polar surface area (TPSA) is 39.7 Å². The first kappa shape index (κ1) is 19.3. The van der Waals surface area contributed by atoms with Gasteiger partial charge < -0.3 is 18.5 Å². The van der Waals surface area contributed by atoms with Crippen molar-refractivity contribution in [2.75, 3.05) is 27.9 Å². The highest BCUT2D eigenvalue weighted by molar-refractivity contribution is 6.76. The van der Waals surface area contributed by atoms with Crippen molar-refractivity contribution in [2.45, 2.75) is 50.9 Å². The molecule has 0 aromatic heterocycles. The third-order valence-electron chi connectivity index (χ3n) is 3.16. The van der Waals surface area contributed by atoms with Crippen LogP contribution < -0.4 is 5.23 Å². The van der Waals surface area contributed by atoms with Crippen LogP contribution in [0.4, 0.5) is 0 Å². The van der Waals surface area contributed by atoms with Gasteiger partial charge in [0.25, 0.3) is 0 Å². The summed E-state index contributed by atoms with van der Waals surface area (Å²) < 4.78 is 16.1. The third-order valence-corrected chi connectivity index (χ3v) is 7.84. The smallest absolute Gasteiger partial charge is 0.500 e. The Bertz CT molecular complexity index is 215. The van der Waals surface area contributed by atoms with Crippen LogP contribution in [0, 0.1) is 0 Å². The van der Waals surface area contributed by atoms with Crippen LogP contribution >= 0.6 is 0 Å². The average Bonchev–Trinajstić information content (AvgIpc) is 2.37. The molecule has 0 aliphatic rings. The van der Waals surface area contributed by atoms with E-state index in [1.807, 2.05) is 0 Å². The lowest BCUT2D eigenvalue weighted by Gasteiger charge is -2.25. The first-order valence-electron chi connectivity index (χ1n) is 7.09. The third kappa shape index (κ3) is 9.81. The zero-order chi connectivity index (χ0) is 14.8. The minimum absolute atomic E-state index is 0.853. The van der Waals surface area contributed by atoms with Crippen LogP contribution in [-0.4, -0.2) is 52.2 Å². The minimum Gasteiger partial charge on any atom is -0.555 e. The minimum atomic E-state index is -2.37. The molecule has 7 heteroatoms. The van der Waals surface area contributed by atoms with Crippen molar-refractivity contribution >= 4 is 24.3 Å². The molecule has 0 spiro atoms. The highest BCUT2D eigenvalue weighted by atomic mass is 28.4. The molecule has 2 radical (unpaired) electrons. The van der Waals surface area contributed by atoms with Crippen molar-refractivity contribution in [2.24, 2.45) is 0 Å². The van der Waals surface area contributed by atoms with Crippen LogP contribution in [0.15, 0.2) is 0 Å². The molecular formula is C12H31BNO3Si2-. The Morgan fingerprint density at radius 1 is 0.895 bits per heavy atom. The van der Waals surface area contributed by atoms with Crippen LogP contribution in [0.1, 0.15) is 12.8 Å². The molecule has 114 valence electrons. The van der Waals surface area contributed by atoms with E-state index in [4.69, 9.17) is 13.3 Å². The van der Waals surface area contributed by atoms with Gasteiger partial charge in [-0.15, -0.1) is 0 Å². The molecule has 4 nitrogen and oxygen atoms in total. The molecule has 0 heterocycles. The van der Waals surface area contributed by atoms with E-state index in [0.717, 1.165) is 25.3 Å². The lowest BCUT2D eigenvalue weighted by atomic mass is 9.87. The Balaban J connectivity index is 3.50. The van der Waals surface area contributed by atoms with E-state index in [-0.39, 0.29) is 0 Å². The van der Waals surface area contributed by atoms with Crippen molar-refractivity contribution in [1.82, 2.24) is 5.23 Å². The monoisotopic (exact) mass is 304 g/mol. The van der Waals surface area contributed by atoms with Gasteiger partial charge in [-0.05, 0) is 13.0 Å². The maximum atomic E-state index is 5.38. The molecule has 0 atom stereocenters. The Morgan fingerprint density at radius 3 is 1.95 bits per heavy atom. The fourth-order valence-corrected chi connectivity index (χ4v) is 4.89. The Morgan fingerprint density at radius 2 is 1.47 bits per heavy atom. The van der Waals surface area contributed by atoms with E-state index in [0.29, 0.717) is 0 Å². The SMILES string of the molecule is CO[Si](CCCN[B-]CCC[Si](C)(C)C)(OC)OC. The van der Waals surface area contributed by atoms with Gasteiger partial charge >= 0.3 is 8.80 Å². The largest absolute Gasteiger partial charge is 0.555 e. The van der Waals surface area contributed by atoms with Gasteiger partial charge in [0.2, 0.25) is 0 Å². The number of hydrogen-bond acceptors (Lipinski definition) is 4. The molecule has 0 saturated heterocycles. The van der Waals surface area contributed by atoms with Gasteiger partial charge in [0.1, 0.15) is 0 Å². The highest BCUT2D eigenvalue weighted by Crippen LogP contribution is 2.14. The van der Waals surface area contributed by atoms with Gasteiger partial charge in [-0.3, -0.25) is 0 Å². The normalized spacial score (nSPS) is 12.9. The van der Waals surface area contributed by atoms with Gasteiger partial charge in [-0.25, -0.2) is 13.7 Å². The zero-order valence-corrected chi connectivity index (χ0v) is 15.5. The molecule has 0 unspecified atom stereocenters. The summed E-state index contributed by atoms with van der Waals surface area (Å²) in [6.45, 7) is 8.22. The van der Waals surface area contributed by atoms with Gasteiger partial charge in [-0.1, -0.05) is 32.1 Å². The average molecular weight is 304 g/mol. The number of nitrogens with one attached hydrogen (secondary N) is 1. The molecule has 0 bridgehead atoms. The van der Waals surface area contributed by atoms with E-state index in [2.05, 4.69) is 32.3 Å². The second-order valence-corrected chi connectivity index (χ2v) is 14.7. The van der Waals surface area contributed by atoms with Gasteiger partial charge in [-0.2, -0.15) is 0 Å². The van der Waals surface area contributed by atoms with Gasteiger partial charge in [0.05, 0.1) is 0 Å². The summed E-state index contributed by atoms with van der Waals surface area (Å²) in [6, 6.07) is 2.25. The molecule has 0 fully saturated rings.